The van der Waals surface area contributed by atoms with E-state index >= 15 is 0 Å². The van der Waals surface area contributed by atoms with Crippen LogP contribution in [-0.4, -0.2) is 9.97 Å². The molecule has 1 N–H and O–H groups in total. The van der Waals surface area contributed by atoms with E-state index in [2.05, 4.69) is 49.0 Å². The Hall–Kier alpha value is 0.540. The Kier molecular flexibility index (Phi) is 7.11. The van der Waals surface area contributed by atoms with Gasteiger partial charge in [-0.1, -0.05) is 0 Å². The molecule has 92 valence electrons. The van der Waals surface area contributed by atoms with E-state index in [4.69, 9.17) is 0 Å². The van der Waals surface area contributed by atoms with Gasteiger partial charge < -0.3 is 4.98 Å². The zero-order chi connectivity index (χ0) is 12.0. The quantitative estimate of drug-likeness (QED) is 0.472. The SMILES string of the molecule is Fc1ccc(-c2ncc[nH]2)cc1.[Br][Au]([Br])[Br]. The van der Waals surface area contributed by atoms with E-state index in [0.717, 1.165) is 11.4 Å². The number of benzene rings is 1. The Labute approximate surface area is 118 Å². The van der Waals surface area contributed by atoms with Crippen LogP contribution in [0.2, 0.25) is 0 Å². The maximum atomic E-state index is 12.5. The van der Waals surface area contributed by atoms with Crippen molar-refractivity contribution >= 4 is 39.1 Å². The van der Waals surface area contributed by atoms with Gasteiger partial charge in [-0.15, -0.1) is 0 Å². The second kappa shape index (κ2) is 7.79. The Morgan fingerprint density at radius 3 is 2.12 bits per heavy atom. The van der Waals surface area contributed by atoms with Gasteiger partial charge in [-0.05, 0) is 24.3 Å². The van der Waals surface area contributed by atoms with Crippen LogP contribution in [0.3, 0.4) is 0 Å². The van der Waals surface area contributed by atoms with Crippen LogP contribution in [0.1, 0.15) is 0 Å². The Morgan fingerprint density at radius 1 is 1.12 bits per heavy atom. The van der Waals surface area contributed by atoms with E-state index in [1.807, 2.05) is 0 Å². The molecule has 1 aromatic carbocycles. The van der Waals surface area contributed by atoms with Gasteiger partial charge in [0.1, 0.15) is 11.6 Å². The van der Waals surface area contributed by atoms with Gasteiger partial charge in [-0.3, -0.25) is 0 Å². The molecule has 0 spiro atoms. The van der Waals surface area contributed by atoms with Crippen LogP contribution in [0.15, 0.2) is 36.7 Å². The Morgan fingerprint density at radius 2 is 1.69 bits per heavy atom. The molecule has 0 saturated carbocycles. The molecule has 1 heterocycles. The average molecular weight is 599 g/mol. The van der Waals surface area contributed by atoms with Crippen molar-refractivity contribution in [3.63, 3.8) is 0 Å². The minimum absolute atomic E-state index is 0.231. The second-order valence-corrected chi connectivity index (χ2v) is 31.0. The van der Waals surface area contributed by atoms with Crippen molar-refractivity contribution in [2.45, 2.75) is 0 Å². The van der Waals surface area contributed by atoms with Crippen molar-refractivity contribution in [1.29, 1.82) is 0 Å². The molecule has 7 heteroatoms. The molecule has 2 aromatic rings. The molecule has 2 nitrogen and oxygen atoms in total. The first-order valence-electron chi connectivity index (χ1n) is 3.96. The fraction of sp³-hybridized carbons (Fsp3) is 0. The van der Waals surface area contributed by atoms with Crippen LogP contribution in [0.4, 0.5) is 4.39 Å². The molecule has 0 radical (unpaired) electrons. The first-order valence-corrected chi connectivity index (χ1v) is 18.2. The number of hydrogen-bond donors (Lipinski definition) is 1. The number of nitrogens with one attached hydrogen (secondary N) is 1. The van der Waals surface area contributed by atoms with E-state index in [-0.39, 0.29) is 5.82 Å². The standard InChI is InChI=1S/C9H7FN2.Au.3BrH/c10-8-3-1-7(2-4-8)9-11-5-6-12-9;;;;/h1-6H,(H,11,12);;3*1H/q;+3;;;/p-3. The summed E-state index contributed by atoms with van der Waals surface area (Å²) in [6.07, 6.45) is 3.40. The number of aromatic nitrogens is 2. The molecule has 0 amide bonds. The topological polar surface area (TPSA) is 28.7 Å². The number of imidazole rings is 1. The molecular formula is C9H7AuBr3FN2. The molecule has 0 aliphatic heterocycles. The number of halogens is 4. The summed E-state index contributed by atoms with van der Waals surface area (Å²) >= 11 is 8.99. The van der Waals surface area contributed by atoms with Crippen molar-refractivity contribution in [1.82, 2.24) is 9.97 Å². The van der Waals surface area contributed by atoms with Crippen LogP contribution >= 0.6 is 39.1 Å². The second-order valence-electron chi connectivity index (χ2n) is 2.57. The number of nitrogens with zero attached hydrogens (tertiary/aromatic N) is 1. The van der Waals surface area contributed by atoms with Crippen molar-refractivity contribution < 1.29 is 16.4 Å². The molecule has 0 saturated heterocycles. The number of aromatic amines is 1. The van der Waals surface area contributed by atoms with E-state index in [1.165, 1.54) is 12.1 Å². The molecule has 0 atom stereocenters. The molecule has 0 bridgehead atoms. The zero-order valence-corrected chi connectivity index (χ0v) is 14.6. The van der Waals surface area contributed by atoms with Gasteiger partial charge in [0.05, 0.1) is 0 Å². The first-order chi connectivity index (χ1) is 7.59. The van der Waals surface area contributed by atoms with Crippen LogP contribution in [0.25, 0.3) is 11.4 Å². The summed E-state index contributed by atoms with van der Waals surface area (Å²) < 4.78 is 12.5. The first kappa shape index (κ1) is 14.6. The Balaban J connectivity index is 0.000000280. The molecule has 2 rings (SSSR count). The molecule has 0 aliphatic rings. The minimum atomic E-state index is -0.766. The van der Waals surface area contributed by atoms with Gasteiger partial charge in [-0.25, -0.2) is 9.37 Å². The van der Waals surface area contributed by atoms with Crippen molar-refractivity contribution in [3.05, 3.63) is 42.5 Å². The molecular weight excluding hydrogens is 592 g/mol. The van der Waals surface area contributed by atoms with E-state index < -0.39 is 12.0 Å². The zero-order valence-electron chi connectivity index (χ0n) is 7.72. The summed E-state index contributed by atoms with van der Waals surface area (Å²) in [5, 5.41) is 0. The average Bonchev–Trinajstić information content (AvgIpc) is 2.71. The summed E-state index contributed by atoms with van der Waals surface area (Å²) in [4.78, 5) is 6.98. The predicted octanol–water partition coefficient (Wildman–Crippen LogP) is 4.75. The third-order valence-electron chi connectivity index (χ3n) is 1.62. The van der Waals surface area contributed by atoms with Crippen LogP contribution < -0.4 is 0 Å². The van der Waals surface area contributed by atoms with Crippen molar-refractivity contribution in [2.75, 3.05) is 0 Å². The van der Waals surface area contributed by atoms with Gasteiger partial charge in [0, 0.05) is 18.0 Å². The third kappa shape index (κ3) is 5.75. The van der Waals surface area contributed by atoms with Gasteiger partial charge >= 0.3 is 51.1 Å². The number of rotatable bonds is 1. The fourth-order valence-electron chi connectivity index (χ4n) is 1.03. The van der Waals surface area contributed by atoms with Crippen LogP contribution in [-0.2, 0) is 12.0 Å². The Bertz CT molecular complexity index is 402. The van der Waals surface area contributed by atoms with Gasteiger partial charge in [-0.2, -0.15) is 0 Å². The summed E-state index contributed by atoms with van der Waals surface area (Å²) in [5.41, 5.74) is 0.890. The number of H-pyrrole nitrogens is 1. The summed E-state index contributed by atoms with van der Waals surface area (Å²) in [6.45, 7) is 0. The van der Waals surface area contributed by atoms with E-state index in [1.54, 1.807) is 24.5 Å². The summed E-state index contributed by atoms with van der Waals surface area (Å²) in [7, 11) is 0. The van der Waals surface area contributed by atoms with Crippen LogP contribution in [0.5, 0.6) is 0 Å². The summed E-state index contributed by atoms with van der Waals surface area (Å²) in [5.74, 6) is 0.528. The van der Waals surface area contributed by atoms with Crippen molar-refractivity contribution in [2.24, 2.45) is 0 Å². The molecule has 0 aliphatic carbocycles. The monoisotopic (exact) mass is 596 g/mol. The van der Waals surface area contributed by atoms with Gasteiger partial charge in [0.25, 0.3) is 0 Å². The molecule has 0 unspecified atom stereocenters. The maximum absolute atomic E-state index is 12.5. The third-order valence-corrected chi connectivity index (χ3v) is 1.62. The van der Waals surface area contributed by atoms with E-state index in [0.29, 0.717) is 0 Å². The molecule has 16 heavy (non-hydrogen) atoms. The molecule has 0 fully saturated rings. The molecule has 1 aromatic heterocycles. The van der Waals surface area contributed by atoms with Gasteiger partial charge in [0.2, 0.25) is 0 Å². The van der Waals surface area contributed by atoms with Gasteiger partial charge in [0.15, 0.2) is 0 Å². The fourth-order valence-corrected chi connectivity index (χ4v) is 1.03. The number of hydrogen-bond acceptors (Lipinski definition) is 1. The predicted molar refractivity (Wildman–Crippen MR) is 70.8 cm³/mol. The van der Waals surface area contributed by atoms with Crippen LogP contribution in [0, 0.1) is 5.82 Å². The summed E-state index contributed by atoms with van der Waals surface area (Å²) in [6, 6.07) is 6.21. The normalized spacial score (nSPS) is 10.4. The van der Waals surface area contributed by atoms with Crippen molar-refractivity contribution in [3.8, 4) is 11.4 Å². The van der Waals surface area contributed by atoms with E-state index in [9.17, 15) is 4.39 Å².